The molecule has 13 heavy (non-hydrogen) atoms. The highest BCUT2D eigenvalue weighted by atomic mass is 15.1. The Morgan fingerprint density at radius 1 is 1.31 bits per heavy atom. The van der Waals surface area contributed by atoms with Crippen molar-refractivity contribution < 1.29 is 0 Å². The lowest BCUT2D eigenvalue weighted by molar-refractivity contribution is 0.795. The molecule has 0 aliphatic carbocycles. The van der Waals surface area contributed by atoms with Crippen molar-refractivity contribution in [3.63, 3.8) is 0 Å². The number of nitrogens with zero attached hydrogens (tertiary/aromatic N) is 1. The van der Waals surface area contributed by atoms with E-state index in [-0.39, 0.29) is 0 Å². The Morgan fingerprint density at radius 2 is 2.00 bits per heavy atom. The van der Waals surface area contributed by atoms with Gasteiger partial charge in [0.1, 0.15) is 0 Å². The van der Waals surface area contributed by atoms with Crippen LogP contribution < -0.4 is 5.84 Å². The largest absolute Gasteiger partial charge is 0.323 e. The molecule has 1 aromatic carbocycles. The summed E-state index contributed by atoms with van der Waals surface area (Å²) in [6.45, 7) is 2.20. The molecule has 0 atom stereocenters. The quantitative estimate of drug-likeness (QED) is 0.427. The molecular formula is C11H16N2. The SMILES string of the molecule is CCCCc1ccc(/C=N\N)cc1. The minimum atomic E-state index is 1.06. The van der Waals surface area contributed by atoms with Gasteiger partial charge in [-0.15, -0.1) is 0 Å². The molecule has 1 rings (SSSR count). The molecule has 2 nitrogen and oxygen atoms in total. The number of aryl methyl sites for hydroxylation is 1. The van der Waals surface area contributed by atoms with E-state index in [0.29, 0.717) is 0 Å². The van der Waals surface area contributed by atoms with Crippen molar-refractivity contribution in [1.29, 1.82) is 0 Å². The summed E-state index contributed by atoms with van der Waals surface area (Å²) in [4.78, 5) is 0. The van der Waals surface area contributed by atoms with E-state index in [2.05, 4.69) is 24.2 Å². The van der Waals surface area contributed by atoms with E-state index in [0.717, 1.165) is 12.0 Å². The summed E-state index contributed by atoms with van der Waals surface area (Å²) in [6.07, 6.45) is 5.32. The smallest absolute Gasteiger partial charge is 0.0538 e. The van der Waals surface area contributed by atoms with E-state index in [1.54, 1.807) is 6.21 Å². The number of rotatable bonds is 4. The van der Waals surface area contributed by atoms with Crippen LogP contribution in [-0.4, -0.2) is 6.21 Å². The fraction of sp³-hybridized carbons (Fsp3) is 0.364. The monoisotopic (exact) mass is 176 g/mol. The molecule has 0 aliphatic rings. The first-order valence-electron chi connectivity index (χ1n) is 4.69. The molecule has 0 radical (unpaired) electrons. The third-order valence-corrected chi connectivity index (χ3v) is 2.02. The van der Waals surface area contributed by atoms with Crippen molar-refractivity contribution in [2.24, 2.45) is 10.9 Å². The third kappa shape index (κ3) is 3.28. The van der Waals surface area contributed by atoms with Crippen molar-refractivity contribution in [3.05, 3.63) is 35.4 Å². The summed E-state index contributed by atoms with van der Waals surface area (Å²) in [5.41, 5.74) is 2.44. The molecule has 1 aromatic rings. The maximum Gasteiger partial charge on any atom is 0.0538 e. The Morgan fingerprint density at radius 3 is 2.54 bits per heavy atom. The normalized spacial score (nSPS) is 10.8. The number of benzene rings is 1. The van der Waals surface area contributed by atoms with E-state index >= 15 is 0 Å². The summed E-state index contributed by atoms with van der Waals surface area (Å²) in [5.74, 6) is 5.05. The Kier molecular flexibility index (Phi) is 4.03. The van der Waals surface area contributed by atoms with Crippen molar-refractivity contribution in [3.8, 4) is 0 Å². The van der Waals surface area contributed by atoms with Crippen molar-refractivity contribution in [2.45, 2.75) is 26.2 Å². The maximum absolute atomic E-state index is 5.05. The van der Waals surface area contributed by atoms with Gasteiger partial charge in [-0.1, -0.05) is 37.6 Å². The zero-order chi connectivity index (χ0) is 9.52. The Bertz CT molecular complexity index is 262. The molecule has 0 spiro atoms. The van der Waals surface area contributed by atoms with E-state index in [1.165, 1.54) is 18.4 Å². The highest BCUT2D eigenvalue weighted by molar-refractivity contribution is 5.79. The molecule has 0 unspecified atom stereocenters. The molecule has 0 amide bonds. The molecule has 70 valence electrons. The number of nitrogens with two attached hydrogens (primary N) is 1. The van der Waals surface area contributed by atoms with Crippen LogP contribution in [0, 0.1) is 0 Å². The van der Waals surface area contributed by atoms with E-state index in [1.807, 2.05) is 12.1 Å². The van der Waals surface area contributed by atoms with E-state index < -0.39 is 0 Å². The van der Waals surface area contributed by atoms with E-state index in [4.69, 9.17) is 5.84 Å². The molecule has 0 saturated carbocycles. The van der Waals surface area contributed by atoms with Gasteiger partial charge < -0.3 is 5.84 Å². The first-order chi connectivity index (χ1) is 6.36. The highest BCUT2D eigenvalue weighted by Crippen LogP contribution is 2.06. The summed E-state index contributed by atoms with van der Waals surface area (Å²) in [7, 11) is 0. The summed E-state index contributed by atoms with van der Waals surface area (Å²) in [6, 6.07) is 8.35. The minimum Gasteiger partial charge on any atom is -0.323 e. The molecule has 0 aromatic heterocycles. The van der Waals surface area contributed by atoms with Crippen LogP contribution in [0.25, 0.3) is 0 Å². The number of unbranched alkanes of at least 4 members (excludes halogenated alkanes) is 1. The number of hydrogen-bond acceptors (Lipinski definition) is 2. The average molecular weight is 176 g/mol. The van der Waals surface area contributed by atoms with Gasteiger partial charge in [0.15, 0.2) is 0 Å². The third-order valence-electron chi connectivity index (χ3n) is 2.02. The van der Waals surface area contributed by atoms with Gasteiger partial charge in [-0.3, -0.25) is 0 Å². The van der Waals surface area contributed by atoms with Crippen molar-refractivity contribution >= 4 is 6.21 Å². The van der Waals surface area contributed by atoms with Crippen LogP contribution in [0.2, 0.25) is 0 Å². The van der Waals surface area contributed by atoms with E-state index in [9.17, 15) is 0 Å². The highest BCUT2D eigenvalue weighted by Gasteiger charge is 1.91. The summed E-state index contributed by atoms with van der Waals surface area (Å²) >= 11 is 0. The van der Waals surface area contributed by atoms with Crippen LogP contribution in [0.1, 0.15) is 30.9 Å². The number of hydrazone groups is 1. The molecule has 2 heteroatoms. The zero-order valence-corrected chi connectivity index (χ0v) is 8.03. The lowest BCUT2D eigenvalue weighted by Crippen LogP contribution is -1.88. The summed E-state index contributed by atoms with van der Waals surface area (Å²) < 4.78 is 0. The fourth-order valence-corrected chi connectivity index (χ4v) is 1.24. The Hall–Kier alpha value is -1.31. The van der Waals surface area contributed by atoms with Gasteiger partial charge in [0, 0.05) is 0 Å². The van der Waals surface area contributed by atoms with Gasteiger partial charge in [-0.25, -0.2) is 0 Å². The van der Waals surface area contributed by atoms with Crippen LogP contribution in [0.3, 0.4) is 0 Å². The predicted molar refractivity (Wildman–Crippen MR) is 56.8 cm³/mol. The standard InChI is InChI=1S/C11H16N2/c1-2-3-4-10-5-7-11(8-6-10)9-13-12/h5-9H,2-4,12H2,1H3/b13-9-. The maximum atomic E-state index is 5.05. The van der Waals surface area contributed by atoms with Gasteiger partial charge in [0.2, 0.25) is 0 Å². The topological polar surface area (TPSA) is 38.4 Å². The zero-order valence-electron chi connectivity index (χ0n) is 8.03. The molecule has 2 N–H and O–H groups in total. The fourth-order valence-electron chi connectivity index (χ4n) is 1.24. The van der Waals surface area contributed by atoms with Gasteiger partial charge in [-0.2, -0.15) is 5.10 Å². The molecule has 0 bridgehead atoms. The molecule has 0 heterocycles. The first-order valence-corrected chi connectivity index (χ1v) is 4.69. The van der Waals surface area contributed by atoms with Crippen LogP contribution >= 0.6 is 0 Å². The molecule has 0 aliphatic heterocycles. The van der Waals surface area contributed by atoms with Gasteiger partial charge in [0.05, 0.1) is 6.21 Å². The molecular weight excluding hydrogens is 160 g/mol. The Labute approximate surface area is 79.5 Å². The van der Waals surface area contributed by atoms with Crippen molar-refractivity contribution in [1.82, 2.24) is 0 Å². The number of hydrogen-bond donors (Lipinski definition) is 1. The lowest BCUT2D eigenvalue weighted by atomic mass is 10.1. The van der Waals surface area contributed by atoms with Crippen LogP contribution in [0.4, 0.5) is 0 Å². The second kappa shape index (κ2) is 5.36. The van der Waals surface area contributed by atoms with Gasteiger partial charge >= 0.3 is 0 Å². The van der Waals surface area contributed by atoms with Gasteiger partial charge in [-0.05, 0) is 24.0 Å². The van der Waals surface area contributed by atoms with Crippen LogP contribution in [-0.2, 0) is 6.42 Å². The lowest BCUT2D eigenvalue weighted by Gasteiger charge is -1.99. The predicted octanol–water partition coefficient (Wildman–Crippen LogP) is 2.32. The Balaban J connectivity index is 2.58. The van der Waals surface area contributed by atoms with Crippen LogP contribution in [0.5, 0.6) is 0 Å². The minimum absolute atomic E-state index is 1.06. The second-order valence-electron chi connectivity index (χ2n) is 3.12. The second-order valence-corrected chi connectivity index (χ2v) is 3.12. The first kappa shape index (κ1) is 9.78. The average Bonchev–Trinajstić information content (AvgIpc) is 2.17. The van der Waals surface area contributed by atoms with Gasteiger partial charge in [0.25, 0.3) is 0 Å². The molecule has 0 fully saturated rings. The molecule has 0 saturated heterocycles. The summed E-state index contributed by atoms with van der Waals surface area (Å²) in [5, 5.41) is 3.47. The van der Waals surface area contributed by atoms with Crippen molar-refractivity contribution in [2.75, 3.05) is 0 Å². The van der Waals surface area contributed by atoms with Crippen LogP contribution in [0.15, 0.2) is 29.4 Å².